The topological polar surface area (TPSA) is 98.7 Å². The van der Waals surface area contributed by atoms with E-state index in [1.807, 2.05) is 0 Å². The van der Waals surface area contributed by atoms with E-state index in [9.17, 15) is 18.8 Å². The summed E-state index contributed by atoms with van der Waals surface area (Å²) >= 11 is 0. The van der Waals surface area contributed by atoms with Crippen molar-refractivity contribution >= 4 is 23.6 Å². The number of anilines is 1. The van der Waals surface area contributed by atoms with Gasteiger partial charge >= 0.3 is 12.0 Å². The SMILES string of the molecule is CN1CCC(NC(=O)Nc2cc(F)ccc2C(=O)O)C1=O. The fraction of sp³-hybridized carbons (Fsp3) is 0.308. The number of likely N-dealkylation sites (tertiary alicyclic amines) is 1. The minimum Gasteiger partial charge on any atom is -0.478 e. The molecule has 1 fully saturated rings. The summed E-state index contributed by atoms with van der Waals surface area (Å²) in [6, 6.07) is 1.55. The van der Waals surface area contributed by atoms with Crippen molar-refractivity contribution in [2.75, 3.05) is 18.9 Å². The molecule has 1 aliphatic heterocycles. The number of aromatic carboxylic acids is 1. The number of hydrogen-bond acceptors (Lipinski definition) is 3. The molecule has 21 heavy (non-hydrogen) atoms. The largest absolute Gasteiger partial charge is 0.478 e. The Morgan fingerprint density at radius 2 is 2.14 bits per heavy atom. The third-order valence-corrected chi connectivity index (χ3v) is 3.19. The minimum absolute atomic E-state index is 0.168. The summed E-state index contributed by atoms with van der Waals surface area (Å²) in [5.74, 6) is -2.18. The highest BCUT2D eigenvalue weighted by Gasteiger charge is 2.30. The number of nitrogens with zero attached hydrogens (tertiary/aromatic N) is 1. The van der Waals surface area contributed by atoms with Gasteiger partial charge in [0.25, 0.3) is 0 Å². The van der Waals surface area contributed by atoms with E-state index in [2.05, 4.69) is 10.6 Å². The number of carboxylic acid groups (broad SMARTS) is 1. The molecule has 1 saturated heterocycles. The Labute approximate surface area is 119 Å². The highest BCUT2D eigenvalue weighted by Crippen LogP contribution is 2.17. The molecule has 0 aromatic heterocycles. The first-order chi connectivity index (χ1) is 9.88. The van der Waals surface area contributed by atoms with Crippen LogP contribution in [0.1, 0.15) is 16.8 Å². The number of rotatable bonds is 3. The predicted octanol–water partition coefficient (Wildman–Crippen LogP) is 0.876. The fourth-order valence-electron chi connectivity index (χ4n) is 2.08. The molecular formula is C13H14FN3O4. The van der Waals surface area contributed by atoms with Gasteiger partial charge in [0, 0.05) is 13.6 Å². The molecule has 1 heterocycles. The molecule has 1 aromatic carbocycles. The molecule has 1 unspecified atom stereocenters. The maximum atomic E-state index is 13.2. The van der Waals surface area contributed by atoms with E-state index in [0.29, 0.717) is 13.0 Å². The summed E-state index contributed by atoms with van der Waals surface area (Å²) in [7, 11) is 1.62. The van der Waals surface area contributed by atoms with Crippen molar-refractivity contribution in [2.24, 2.45) is 0 Å². The highest BCUT2D eigenvalue weighted by molar-refractivity contribution is 6.01. The van der Waals surface area contributed by atoms with Crippen LogP contribution in [0.3, 0.4) is 0 Å². The zero-order valence-corrected chi connectivity index (χ0v) is 11.2. The number of halogens is 1. The molecule has 8 heteroatoms. The Morgan fingerprint density at radius 3 is 2.71 bits per heavy atom. The van der Waals surface area contributed by atoms with Gasteiger partial charge in [0.15, 0.2) is 0 Å². The third kappa shape index (κ3) is 3.28. The quantitative estimate of drug-likeness (QED) is 0.770. The zero-order chi connectivity index (χ0) is 15.6. The molecule has 0 aliphatic carbocycles. The second-order valence-electron chi connectivity index (χ2n) is 4.69. The molecule has 7 nitrogen and oxygen atoms in total. The van der Waals surface area contributed by atoms with E-state index in [1.165, 1.54) is 4.90 Å². The second kappa shape index (κ2) is 5.78. The number of carboxylic acids is 1. The standard InChI is InChI=1S/C13H14FN3O4/c1-17-5-4-9(11(17)18)15-13(21)16-10-6-7(14)2-3-8(10)12(19)20/h2-3,6,9H,4-5H2,1H3,(H,19,20)(H2,15,16,21). The molecule has 1 atom stereocenters. The molecule has 0 bridgehead atoms. The number of likely N-dealkylation sites (N-methyl/N-ethyl adjacent to an activating group) is 1. The van der Waals surface area contributed by atoms with Gasteiger partial charge in [-0.1, -0.05) is 0 Å². The van der Waals surface area contributed by atoms with Gasteiger partial charge in [0.05, 0.1) is 11.3 Å². The van der Waals surface area contributed by atoms with Gasteiger partial charge in [-0.25, -0.2) is 14.0 Å². The Hall–Kier alpha value is -2.64. The zero-order valence-electron chi connectivity index (χ0n) is 11.2. The van der Waals surface area contributed by atoms with Crippen LogP contribution < -0.4 is 10.6 Å². The van der Waals surface area contributed by atoms with Gasteiger partial charge < -0.3 is 20.6 Å². The van der Waals surface area contributed by atoms with Crippen molar-refractivity contribution in [1.29, 1.82) is 0 Å². The maximum Gasteiger partial charge on any atom is 0.337 e. The van der Waals surface area contributed by atoms with Crippen LogP contribution in [0, 0.1) is 5.82 Å². The van der Waals surface area contributed by atoms with Gasteiger partial charge in [-0.3, -0.25) is 4.79 Å². The summed E-state index contributed by atoms with van der Waals surface area (Å²) in [5, 5.41) is 13.7. The van der Waals surface area contributed by atoms with E-state index >= 15 is 0 Å². The number of urea groups is 1. The van der Waals surface area contributed by atoms with Crippen LogP contribution in [0.5, 0.6) is 0 Å². The van der Waals surface area contributed by atoms with Crippen molar-refractivity contribution in [3.05, 3.63) is 29.6 Å². The number of amides is 3. The average molecular weight is 295 g/mol. The lowest BCUT2D eigenvalue weighted by Crippen LogP contribution is -2.42. The van der Waals surface area contributed by atoms with Crippen molar-refractivity contribution in [1.82, 2.24) is 10.2 Å². The van der Waals surface area contributed by atoms with E-state index in [-0.39, 0.29) is 17.2 Å². The number of nitrogens with one attached hydrogen (secondary N) is 2. The molecule has 0 radical (unpaired) electrons. The Kier molecular flexibility index (Phi) is 4.06. The summed E-state index contributed by atoms with van der Waals surface area (Å²) in [6.07, 6.45) is 0.470. The van der Waals surface area contributed by atoms with E-state index in [1.54, 1.807) is 7.05 Å². The van der Waals surface area contributed by atoms with Crippen LogP contribution in [-0.4, -0.2) is 47.5 Å². The highest BCUT2D eigenvalue weighted by atomic mass is 19.1. The third-order valence-electron chi connectivity index (χ3n) is 3.19. The predicted molar refractivity (Wildman–Crippen MR) is 71.6 cm³/mol. The molecule has 2 rings (SSSR count). The average Bonchev–Trinajstić information content (AvgIpc) is 2.70. The van der Waals surface area contributed by atoms with Crippen molar-refractivity contribution < 1.29 is 23.9 Å². The number of carbonyl (C=O) groups is 3. The van der Waals surface area contributed by atoms with E-state index < -0.39 is 23.9 Å². The monoisotopic (exact) mass is 295 g/mol. The first kappa shape index (κ1) is 14.8. The first-order valence-corrected chi connectivity index (χ1v) is 6.24. The van der Waals surface area contributed by atoms with Crippen molar-refractivity contribution in [3.8, 4) is 0 Å². The smallest absolute Gasteiger partial charge is 0.337 e. The summed E-state index contributed by atoms with van der Waals surface area (Å²) in [5.41, 5.74) is -0.403. The second-order valence-corrected chi connectivity index (χ2v) is 4.69. The van der Waals surface area contributed by atoms with E-state index in [4.69, 9.17) is 5.11 Å². The summed E-state index contributed by atoms with van der Waals surface area (Å²) < 4.78 is 13.2. The van der Waals surface area contributed by atoms with Gasteiger partial charge in [0.2, 0.25) is 5.91 Å². The lowest BCUT2D eigenvalue weighted by molar-refractivity contribution is -0.128. The Morgan fingerprint density at radius 1 is 1.43 bits per heavy atom. The number of hydrogen-bond donors (Lipinski definition) is 3. The Balaban J connectivity index is 2.08. The molecule has 3 amide bonds. The fourth-order valence-corrected chi connectivity index (χ4v) is 2.08. The summed E-state index contributed by atoms with van der Waals surface area (Å²) in [6.45, 7) is 0.532. The van der Waals surface area contributed by atoms with Gasteiger partial charge in [0.1, 0.15) is 11.9 Å². The van der Waals surface area contributed by atoms with Crippen molar-refractivity contribution in [3.63, 3.8) is 0 Å². The molecule has 1 aromatic rings. The van der Waals surface area contributed by atoms with Crippen LogP contribution in [-0.2, 0) is 4.79 Å². The van der Waals surface area contributed by atoms with Crippen LogP contribution in [0.4, 0.5) is 14.9 Å². The lowest BCUT2D eigenvalue weighted by atomic mass is 10.1. The lowest BCUT2D eigenvalue weighted by Gasteiger charge is -2.14. The number of benzene rings is 1. The van der Waals surface area contributed by atoms with Crippen LogP contribution >= 0.6 is 0 Å². The normalized spacial score (nSPS) is 17.7. The molecular weight excluding hydrogens is 281 g/mol. The van der Waals surface area contributed by atoms with Gasteiger partial charge in [-0.2, -0.15) is 0 Å². The van der Waals surface area contributed by atoms with Crippen LogP contribution in [0.2, 0.25) is 0 Å². The minimum atomic E-state index is -1.29. The molecule has 112 valence electrons. The van der Waals surface area contributed by atoms with Crippen molar-refractivity contribution in [2.45, 2.75) is 12.5 Å². The van der Waals surface area contributed by atoms with Gasteiger partial charge in [-0.05, 0) is 24.6 Å². The number of carbonyl (C=O) groups excluding carboxylic acids is 2. The molecule has 0 spiro atoms. The molecule has 0 saturated carbocycles. The van der Waals surface area contributed by atoms with Gasteiger partial charge in [-0.15, -0.1) is 0 Å². The summed E-state index contributed by atoms with van der Waals surface area (Å²) in [4.78, 5) is 35.9. The van der Waals surface area contributed by atoms with E-state index in [0.717, 1.165) is 18.2 Å². The Bertz CT molecular complexity index is 605. The maximum absolute atomic E-state index is 13.2. The van der Waals surface area contributed by atoms with Crippen LogP contribution in [0.25, 0.3) is 0 Å². The molecule has 1 aliphatic rings. The first-order valence-electron chi connectivity index (χ1n) is 6.24. The molecule has 3 N–H and O–H groups in total. The van der Waals surface area contributed by atoms with Crippen LogP contribution in [0.15, 0.2) is 18.2 Å².